The van der Waals surface area contributed by atoms with Crippen molar-refractivity contribution in [2.75, 3.05) is 6.61 Å². The van der Waals surface area contributed by atoms with Crippen molar-refractivity contribution in [3.8, 4) is 0 Å². The third kappa shape index (κ3) is 2.19. The molecule has 0 aliphatic heterocycles. The Morgan fingerprint density at radius 1 is 1.73 bits per heavy atom. The molecule has 0 aromatic rings. The van der Waals surface area contributed by atoms with E-state index < -0.39 is 0 Å². The number of ether oxygens (including phenoxy) is 1. The zero-order valence-corrected chi connectivity index (χ0v) is 8.26. The van der Waals surface area contributed by atoms with Gasteiger partial charge in [-0.05, 0) is 25.7 Å². The van der Waals surface area contributed by atoms with E-state index in [9.17, 15) is 4.79 Å². The third-order valence-corrected chi connectivity index (χ3v) is 3.20. The summed E-state index contributed by atoms with van der Waals surface area (Å²) >= 11 is 3.35. The Balaban J connectivity index is 2.27. The second-order valence-corrected chi connectivity index (χ2v) is 3.83. The van der Waals surface area contributed by atoms with Crippen molar-refractivity contribution < 1.29 is 9.53 Å². The summed E-state index contributed by atoms with van der Waals surface area (Å²) in [6.07, 6.45) is 3.58. The molecular weight excluding hydrogens is 208 g/mol. The molecule has 64 valence electrons. The van der Waals surface area contributed by atoms with Crippen molar-refractivity contribution in [2.24, 2.45) is 5.92 Å². The quantitative estimate of drug-likeness (QED) is 0.539. The van der Waals surface area contributed by atoms with Crippen LogP contribution in [0, 0.1) is 5.92 Å². The fraction of sp³-hybridized carbons (Fsp3) is 0.875. The molecule has 1 rings (SSSR count). The zero-order chi connectivity index (χ0) is 8.27. The lowest BCUT2D eigenvalue weighted by Gasteiger charge is -2.28. The van der Waals surface area contributed by atoms with E-state index in [1.54, 1.807) is 0 Å². The Labute approximate surface area is 75.4 Å². The number of carbonyl (C=O) groups excluding carboxylic acids is 1. The maximum Gasteiger partial charge on any atom is 0.319 e. The van der Waals surface area contributed by atoms with Gasteiger partial charge in [-0.2, -0.15) is 0 Å². The number of halogens is 1. The van der Waals surface area contributed by atoms with Crippen molar-refractivity contribution in [3.05, 3.63) is 0 Å². The van der Waals surface area contributed by atoms with Crippen LogP contribution in [-0.2, 0) is 9.53 Å². The molecule has 3 heteroatoms. The molecule has 0 radical (unpaired) electrons. The van der Waals surface area contributed by atoms with Crippen LogP contribution in [-0.4, -0.2) is 17.4 Å². The molecule has 1 aliphatic carbocycles. The van der Waals surface area contributed by atoms with E-state index in [4.69, 9.17) is 4.74 Å². The van der Waals surface area contributed by atoms with Crippen LogP contribution in [0.3, 0.4) is 0 Å². The smallest absolute Gasteiger partial charge is 0.319 e. The van der Waals surface area contributed by atoms with Crippen LogP contribution < -0.4 is 0 Å². The molecule has 0 heterocycles. The van der Waals surface area contributed by atoms with E-state index in [0.717, 1.165) is 12.8 Å². The first kappa shape index (κ1) is 9.04. The molecule has 0 N–H and O–H groups in total. The van der Waals surface area contributed by atoms with Gasteiger partial charge in [-0.25, -0.2) is 0 Å². The number of hydrogen-bond acceptors (Lipinski definition) is 2. The number of alkyl halides is 1. The molecule has 0 amide bonds. The third-order valence-electron chi connectivity index (χ3n) is 2.08. The average Bonchev–Trinajstić information content (AvgIpc) is 1.84. The topological polar surface area (TPSA) is 26.3 Å². The van der Waals surface area contributed by atoms with Crippen molar-refractivity contribution in [3.63, 3.8) is 0 Å². The first-order chi connectivity index (χ1) is 5.25. The molecule has 1 atom stereocenters. The normalized spacial score (nSPS) is 20.5. The lowest BCUT2D eigenvalue weighted by Crippen LogP contribution is -2.30. The summed E-state index contributed by atoms with van der Waals surface area (Å²) in [6, 6.07) is 0. The first-order valence-corrected chi connectivity index (χ1v) is 4.98. The minimum absolute atomic E-state index is 0.0591. The number of rotatable bonds is 3. The van der Waals surface area contributed by atoms with Gasteiger partial charge in [0.15, 0.2) is 0 Å². The van der Waals surface area contributed by atoms with Crippen molar-refractivity contribution in [1.82, 2.24) is 0 Å². The predicted octanol–water partition coefficient (Wildman–Crippen LogP) is 2.11. The zero-order valence-electron chi connectivity index (χ0n) is 6.68. The van der Waals surface area contributed by atoms with Gasteiger partial charge < -0.3 is 4.74 Å². The summed E-state index contributed by atoms with van der Waals surface area (Å²) in [5.41, 5.74) is 0. The highest BCUT2D eigenvalue weighted by Crippen LogP contribution is 2.33. The van der Waals surface area contributed by atoms with E-state index in [1.807, 2.05) is 6.92 Å². The van der Waals surface area contributed by atoms with Crippen LogP contribution in [0.25, 0.3) is 0 Å². The maximum atomic E-state index is 11.1. The van der Waals surface area contributed by atoms with Crippen LogP contribution in [0.5, 0.6) is 0 Å². The van der Waals surface area contributed by atoms with Gasteiger partial charge in [-0.1, -0.05) is 22.4 Å². The highest BCUT2D eigenvalue weighted by atomic mass is 79.9. The van der Waals surface area contributed by atoms with Gasteiger partial charge in [0, 0.05) is 0 Å². The van der Waals surface area contributed by atoms with Crippen LogP contribution in [0.1, 0.15) is 26.2 Å². The van der Waals surface area contributed by atoms with Crippen LogP contribution in [0.4, 0.5) is 0 Å². The van der Waals surface area contributed by atoms with Gasteiger partial charge in [0.25, 0.3) is 0 Å². The Morgan fingerprint density at radius 2 is 2.36 bits per heavy atom. The summed E-state index contributed by atoms with van der Waals surface area (Å²) in [5.74, 6) is 0.422. The SMILES string of the molecule is CCOC(=O)[C@H](Br)C1CCC1. The van der Waals surface area contributed by atoms with Crippen LogP contribution in [0.2, 0.25) is 0 Å². The Morgan fingerprint density at radius 3 is 2.73 bits per heavy atom. The van der Waals surface area contributed by atoms with E-state index in [-0.39, 0.29) is 10.8 Å². The van der Waals surface area contributed by atoms with Gasteiger partial charge in [-0.3, -0.25) is 4.79 Å². The summed E-state index contributed by atoms with van der Waals surface area (Å²) < 4.78 is 4.87. The molecule has 1 aliphatic rings. The fourth-order valence-corrected chi connectivity index (χ4v) is 1.81. The van der Waals surface area contributed by atoms with E-state index in [1.165, 1.54) is 6.42 Å². The first-order valence-electron chi connectivity index (χ1n) is 4.06. The highest BCUT2D eigenvalue weighted by Gasteiger charge is 2.31. The monoisotopic (exact) mass is 220 g/mol. The van der Waals surface area contributed by atoms with E-state index in [0.29, 0.717) is 12.5 Å². The number of carbonyl (C=O) groups is 1. The summed E-state index contributed by atoms with van der Waals surface area (Å²) in [6.45, 7) is 2.31. The number of esters is 1. The average molecular weight is 221 g/mol. The summed E-state index contributed by atoms with van der Waals surface area (Å²) in [5, 5.41) is 0. The maximum absolute atomic E-state index is 11.1. The molecule has 1 fully saturated rings. The second-order valence-electron chi connectivity index (χ2n) is 2.84. The van der Waals surface area contributed by atoms with Gasteiger partial charge in [0.05, 0.1) is 6.61 Å². The molecule has 0 spiro atoms. The van der Waals surface area contributed by atoms with E-state index in [2.05, 4.69) is 15.9 Å². The minimum Gasteiger partial charge on any atom is -0.465 e. The Kier molecular flexibility index (Phi) is 3.37. The van der Waals surface area contributed by atoms with Gasteiger partial charge in [-0.15, -0.1) is 0 Å². The summed E-state index contributed by atoms with van der Waals surface area (Å²) in [4.78, 5) is 11.0. The Hall–Kier alpha value is -0.0500. The van der Waals surface area contributed by atoms with Gasteiger partial charge >= 0.3 is 5.97 Å². The molecule has 11 heavy (non-hydrogen) atoms. The second kappa shape index (κ2) is 4.10. The standard InChI is InChI=1S/C8H13BrO2/c1-2-11-8(10)7(9)6-4-3-5-6/h6-7H,2-5H2,1H3/t7-/m1/s1. The minimum atomic E-state index is -0.0998. The molecule has 2 nitrogen and oxygen atoms in total. The van der Waals surface area contributed by atoms with Crippen molar-refractivity contribution in [1.29, 1.82) is 0 Å². The molecule has 1 saturated carbocycles. The van der Waals surface area contributed by atoms with Crippen LogP contribution >= 0.6 is 15.9 Å². The number of hydrogen-bond donors (Lipinski definition) is 0. The molecule has 0 bridgehead atoms. The summed E-state index contributed by atoms with van der Waals surface area (Å²) in [7, 11) is 0. The van der Waals surface area contributed by atoms with E-state index >= 15 is 0 Å². The lowest BCUT2D eigenvalue weighted by atomic mass is 9.83. The molecule has 0 unspecified atom stereocenters. The highest BCUT2D eigenvalue weighted by molar-refractivity contribution is 9.10. The molecule has 0 aromatic carbocycles. The molecular formula is C8H13BrO2. The van der Waals surface area contributed by atoms with Crippen molar-refractivity contribution in [2.45, 2.75) is 31.0 Å². The Bertz CT molecular complexity index is 143. The van der Waals surface area contributed by atoms with Gasteiger partial charge in [0.1, 0.15) is 4.83 Å². The predicted molar refractivity (Wildman–Crippen MR) is 46.7 cm³/mol. The van der Waals surface area contributed by atoms with Crippen molar-refractivity contribution >= 4 is 21.9 Å². The molecule has 0 aromatic heterocycles. The lowest BCUT2D eigenvalue weighted by molar-refractivity contribution is -0.143. The fourth-order valence-electron chi connectivity index (χ4n) is 1.15. The molecule has 0 saturated heterocycles. The largest absolute Gasteiger partial charge is 0.465 e. The van der Waals surface area contributed by atoms with Gasteiger partial charge in [0.2, 0.25) is 0 Å². The van der Waals surface area contributed by atoms with Crippen LogP contribution in [0.15, 0.2) is 0 Å².